The summed E-state index contributed by atoms with van der Waals surface area (Å²) in [6.45, 7) is 2.91. The molecule has 0 saturated carbocycles. The van der Waals surface area contributed by atoms with Gasteiger partial charge in [-0.3, -0.25) is 4.79 Å². The van der Waals surface area contributed by atoms with Gasteiger partial charge in [-0.25, -0.2) is 0 Å². The standard InChI is InChI=1S/C23H29NO4/c1-26-20-9-11-22(12-10-20)27-17-5-8-23(25)24-15-13-19(14-16-24)18-28-21-6-3-2-4-7-21/h2-4,6-7,9-12,19H,5,8,13-18H2,1H3. The lowest BCUT2D eigenvalue weighted by Gasteiger charge is -2.32. The van der Waals surface area contributed by atoms with Crippen molar-refractivity contribution in [1.82, 2.24) is 4.90 Å². The van der Waals surface area contributed by atoms with Gasteiger partial charge in [0.05, 0.1) is 20.3 Å². The Morgan fingerprint density at radius 3 is 2.25 bits per heavy atom. The Morgan fingerprint density at radius 1 is 0.929 bits per heavy atom. The normalized spacial score (nSPS) is 14.5. The molecule has 1 saturated heterocycles. The lowest BCUT2D eigenvalue weighted by atomic mass is 9.97. The molecule has 1 heterocycles. The molecule has 0 radical (unpaired) electrons. The fraction of sp³-hybridized carbons (Fsp3) is 0.435. The van der Waals surface area contributed by atoms with E-state index in [-0.39, 0.29) is 5.91 Å². The minimum absolute atomic E-state index is 0.223. The Kier molecular flexibility index (Phi) is 7.59. The van der Waals surface area contributed by atoms with Crippen molar-refractivity contribution in [1.29, 1.82) is 0 Å². The second-order valence-electron chi connectivity index (χ2n) is 7.08. The molecule has 5 heteroatoms. The molecule has 5 nitrogen and oxygen atoms in total. The van der Waals surface area contributed by atoms with Crippen LogP contribution in [0.3, 0.4) is 0 Å². The van der Waals surface area contributed by atoms with Crippen molar-refractivity contribution in [3.63, 3.8) is 0 Å². The Balaban J connectivity index is 1.29. The topological polar surface area (TPSA) is 48.0 Å². The zero-order valence-corrected chi connectivity index (χ0v) is 16.5. The van der Waals surface area contributed by atoms with Crippen LogP contribution in [-0.4, -0.2) is 44.2 Å². The molecule has 2 aromatic carbocycles. The van der Waals surface area contributed by atoms with Crippen LogP contribution in [0.5, 0.6) is 17.2 Å². The first-order chi connectivity index (χ1) is 13.7. The molecule has 1 aliphatic heterocycles. The first-order valence-electron chi connectivity index (χ1n) is 9.97. The van der Waals surface area contributed by atoms with Crippen LogP contribution in [-0.2, 0) is 4.79 Å². The average Bonchev–Trinajstić information content (AvgIpc) is 2.76. The van der Waals surface area contributed by atoms with Gasteiger partial charge in [0.25, 0.3) is 0 Å². The van der Waals surface area contributed by atoms with E-state index >= 15 is 0 Å². The Labute approximate surface area is 167 Å². The number of amides is 1. The van der Waals surface area contributed by atoms with Gasteiger partial charge in [-0.1, -0.05) is 18.2 Å². The van der Waals surface area contributed by atoms with E-state index in [0.29, 0.717) is 18.9 Å². The van der Waals surface area contributed by atoms with Crippen molar-refractivity contribution >= 4 is 5.91 Å². The summed E-state index contributed by atoms with van der Waals surface area (Å²) >= 11 is 0. The number of ether oxygens (including phenoxy) is 3. The maximum Gasteiger partial charge on any atom is 0.222 e. The van der Waals surface area contributed by atoms with E-state index in [1.165, 1.54) is 0 Å². The molecular formula is C23H29NO4. The van der Waals surface area contributed by atoms with Crippen molar-refractivity contribution in [3.8, 4) is 17.2 Å². The second kappa shape index (κ2) is 10.6. The highest BCUT2D eigenvalue weighted by Crippen LogP contribution is 2.21. The molecule has 0 bridgehead atoms. The molecule has 0 N–H and O–H groups in total. The van der Waals surface area contributed by atoms with Gasteiger partial charge in [0.1, 0.15) is 17.2 Å². The van der Waals surface area contributed by atoms with E-state index in [0.717, 1.165) is 56.2 Å². The van der Waals surface area contributed by atoms with Crippen LogP contribution in [0.25, 0.3) is 0 Å². The molecule has 0 aromatic heterocycles. The lowest BCUT2D eigenvalue weighted by molar-refractivity contribution is -0.133. The van der Waals surface area contributed by atoms with Crippen LogP contribution in [0.1, 0.15) is 25.7 Å². The number of carbonyl (C=O) groups is 1. The summed E-state index contributed by atoms with van der Waals surface area (Å²) in [5.41, 5.74) is 0. The number of nitrogens with zero attached hydrogens (tertiary/aromatic N) is 1. The highest BCUT2D eigenvalue weighted by molar-refractivity contribution is 5.76. The Hall–Kier alpha value is -2.69. The fourth-order valence-corrected chi connectivity index (χ4v) is 3.32. The van der Waals surface area contributed by atoms with E-state index < -0.39 is 0 Å². The van der Waals surface area contributed by atoms with Crippen LogP contribution in [0.4, 0.5) is 0 Å². The largest absolute Gasteiger partial charge is 0.497 e. The quantitative estimate of drug-likeness (QED) is 0.610. The minimum atomic E-state index is 0.223. The van der Waals surface area contributed by atoms with Gasteiger partial charge in [-0.15, -0.1) is 0 Å². The lowest BCUT2D eigenvalue weighted by Crippen LogP contribution is -2.39. The zero-order valence-electron chi connectivity index (χ0n) is 16.5. The molecule has 3 rings (SSSR count). The van der Waals surface area contributed by atoms with Crippen molar-refractivity contribution in [3.05, 3.63) is 54.6 Å². The summed E-state index contributed by atoms with van der Waals surface area (Å²) in [5, 5.41) is 0. The Morgan fingerprint density at radius 2 is 1.57 bits per heavy atom. The van der Waals surface area contributed by atoms with E-state index in [1.54, 1.807) is 7.11 Å². The monoisotopic (exact) mass is 383 g/mol. The molecule has 28 heavy (non-hydrogen) atoms. The third kappa shape index (κ3) is 6.19. The fourth-order valence-electron chi connectivity index (χ4n) is 3.32. The molecule has 1 aliphatic rings. The van der Waals surface area contributed by atoms with Crippen molar-refractivity contribution < 1.29 is 19.0 Å². The van der Waals surface area contributed by atoms with E-state index in [9.17, 15) is 4.79 Å². The van der Waals surface area contributed by atoms with Gasteiger partial charge in [-0.2, -0.15) is 0 Å². The van der Waals surface area contributed by atoms with E-state index in [4.69, 9.17) is 14.2 Å². The number of hydrogen-bond donors (Lipinski definition) is 0. The number of para-hydroxylation sites is 1. The van der Waals surface area contributed by atoms with Crippen LogP contribution < -0.4 is 14.2 Å². The number of rotatable bonds is 9. The average molecular weight is 383 g/mol. The Bertz CT molecular complexity index is 709. The van der Waals surface area contributed by atoms with Gasteiger partial charge in [0, 0.05) is 19.5 Å². The maximum atomic E-state index is 12.4. The summed E-state index contributed by atoms with van der Waals surface area (Å²) in [5.74, 6) is 3.26. The highest BCUT2D eigenvalue weighted by Gasteiger charge is 2.22. The summed E-state index contributed by atoms with van der Waals surface area (Å²) in [6.07, 6.45) is 3.26. The molecule has 1 fully saturated rings. The summed E-state index contributed by atoms with van der Waals surface area (Å²) < 4.78 is 16.7. The van der Waals surface area contributed by atoms with E-state index in [1.807, 2.05) is 59.5 Å². The smallest absolute Gasteiger partial charge is 0.222 e. The number of hydrogen-bond acceptors (Lipinski definition) is 4. The highest BCUT2D eigenvalue weighted by atomic mass is 16.5. The molecule has 2 aromatic rings. The molecule has 0 aliphatic carbocycles. The SMILES string of the molecule is COc1ccc(OCCCC(=O)N2CCC(COc3ccccc3)CC2)cc1. The third-order valence-electron chi connectivity index (χ3n) is 5.06. The second-order valence-corrected chi connectivity index (χ2v) is 7.08. The molecule has 1 amide bonds. The number of likely N-dealkylation sites (tertiary alicyclic amines) is 1. The summed E-state index contributed by atoms with van der Waals surface area (Å²) in [4.78, 5) is 14.4. The van der Waals surface area contributed by atoms with Crippen LogP contribution in [0.2, 0.25) is 0 Å². The van der Waals surface area contributed by atoms with Crippen molar-refractivity contribution in [2.75, 3.05) is 33.4 Å². The molecule has 0 atom stereocenters. The predicted molar refractivity (Wildman–Crippen MR) is 109 cm³/mol. The molecule has 150 valence electrons. The van der Waals surface area contributed by atoms with Crippen LogP contribution in [0.15, 0.2) is 54.6 Å². The van der Waals surface area contributed by atoms with Gasteiger partial charge in [-0.05, 0) is 61.6 Å². The number of benzene rings is 2. The summed E-state index contributed by atoms with van der Waals surface area (Å²) in [7, 11) is 1.64. The van der Waals surface area contributed by atoms with E-state index in [2.05, 4.69) is 0 Å². The van der Waals surface area contributed by atoms with Gasteiger partial charge in [0.2, 0.25) is 5.91 Å². The molecule has 0 unspecified atom stereocenters. The number of carbonyl (C=O) groups excluding carboxylic acids is 1. The van der Waals surface area contributed by atoms with Crippen LogP contribution >= 0.6 is 0 Å². The van der Waals surface area contributed by atoms with Gasteiger partial charge in [0.15, 0.2) is 0 Å². The van der Waals surface area contributed by atoms with Crippen LogP contribution in [0, 0.1) is 5.92 Å². The summed E-state index contributed by atoms with van der Waals surface area (Å²) in [6, 6.07) is 17.4. The third-order valence-corrected chi connectivity index (χ3v) is 5.06. The van der Waals surface area contributed by atoms with Gasteiger partial charge < -0.3 is 19.1 Å². The van der Waals surface area contributed by atoms with Crippen molar-refractivity contribution in [2.24, 2.45) is 5.92 Å². The molecule has 0 spiro atoms. The number of piperidine rings is 1. The maximum absolute atomic E-state index is 12.4. The predicted octanol–water partition coefficient (Wildman–Crippen LogP) is 4.17. The number of methoxy groups -OCH3 is 1. The molecular weight excluding hydrogens is 354 g/mol. The zero-order chi connectivity index (χ0) is 19.6. The minimum Gasteiger partial charge on any atom is -0.497 e. The first-order valence-corrected chi connectivity index (χ1v) is 9.97. The van der Waals surface area contributed by atoms with Gasteiger partial charge >= 0.3 is 0 Å². The van der Waals surface area contributed by atoms with Crippen molar-refractivity contribution in [2.45, 2.75) is 25.7 Å². The first kappa shape index (κ1) is 20.1.